The van der Waals surface area contributed by atoms with Crippen molar-refractivity contribution < 1.29 is 5.11 Å². The molecule has 0 aliphatic rings. The third kappa shape index (κ3) is 4.51. The van der Waals surface area contributed by atoms with Gasteiger partial charge < -0.3 is 10.4 Å². The summed E-state index contributed by atoms with van der Waals surface area (Å²) >= 11 is 9.27. The van der Waals surface area contributed by atoms with E-state index in [1.54, 1.807) is 0 Å². The lowest BCUT2D eigenvalue weighted by Gasteiger charge is -2.09. The summed E-state index contributed by atoms with van der Waals surface area (Å²) in [5, 5.41) is 12.8. The van der Waals surface area contributed by atoms with Crippen molar-refractivity contribution in [3.05, 3.63) is 33.3 Å². The molecule has 0 aromatic heterocycles. The molecule has 0 bridgehead atoms. The zero-order valence-electron chi connectivity index (χ0n) is 8.63. The van der Waals surface area contributed by atoms with Crippen molar-refractivity contribution in [1.29, 1.82) is 0 Å². The minimum atomic E-state index is 0.220. The molecule has 0 aliphatic carbocycles. The van der Waals surface area contributed by atoms with Crippen LogP contribution in [0.4, 0.5) is 0 Å². The number of halogens is 2. The second-order valence-corrected chi connectivity index (χ2v) is 4.93. The minimum absolute atomic E-state index is 0.220. The zero-order chi connectivity index (χ0) is 11.3. The fraction of sp³-hybridized carbons (Fsp3) is 0.455. The van der Waals surface area contributed by atoms with Gasteiger partial charge in [0, 0.05) is 24.2 Å². The van der Waals surface area contributed by atoms with E-state index in [1.807, 2.05) is 25.1 Å². The number of hydrogen-bond donors (Lipinski definition) is 2. The summed E-state index contributed by atoms with van der Waals surface area (Å²) in [6.07, 6.45) is 0. The number of benzene rings is 1. The monoisotopic (exact) mass is 291 g/mol. The molecule has 1 atom stereocenters. The molecular formula is C11H15BrClNO. The Labute approximate surface area is 104 Å². The number of aliphatic hydroxyl groups is 1. The Bertz CT molecular complexity index is 319. The Balaban J connectivity index is 2.41. The SMILES string of the molecule is CC(CO)CNCc1ccc(Cl)c(Br)c1. The summed E-state index contributed by atoms with van der Waals surface area (Å²) in [5.74, 6) is 0.292. The first-order chi connectivity index (χ1) is 7.13. The van der Waals surface area contributed by atoms with Crippen molar-refractivity contribution in [2.45, 2.75) is 13.5 Å². The Hall–Kier alpha value is -0.0900. The van der Waals surface area contributed by atoms with Gasteiger partial charge in [-0.15, -0.1) is 0 Å². The summed E-state index contributed by atoms with van der Waals surface area (Å²) in [6, 6.07) is 5.86. The van der Waals surface area contributed by atoms with Crippen molar-refractivity contribution in [2.75, 3.05) is 13.2 Å². The lowest BCUT2D eigenvalue weighted by molar-refractivity contribution is 0.233. The van der Waals surface area contributed by atoms with Crippen LogP contribution in [0.1, 0.15) is 12.5 Å². The molecule has 0 radical (unpaired) electrons. The van der Waals surface area contributed by atoms with Crippen LogP contribution in [-0.4, -0.2) is 18.3 Å². The number of nitrogens with one attached hydrogen (secondary N) is 1. The Morgan fingerprint density at radius 3 is 2.87 bits per heavy atom. The smallest absolute Gasteiger partial charge is 0.0548 e. The molecule has 4 heteroatoms. The van der Waals surface area contributed by atoms with Gasteiger partial charge in [0.2, 0.25) is 0 Å². The fourth-order valence-corrected chi connectivity index (χ4v) is 1.72. The summed E-state index contributed by atoms with van der Waals surface area (Å²) < 4.78 is 0.915. The van der Waals surface area contributed by atoms with Gasteiger partial charge in [0.15, 0.2) is 0 Å². The van der Waals surface area contributed by atoms with E-state index in [4.69, 9.17) is 16.7 Å². The predicted molar refractivity (Wildman–Crippen MR) is 67.1 cm³/mol. The molecule has 0 amide bonds. The van der Waals surface area contributed by atoms with Crippen LogP contribution in [0.3, 0.4) is 0 Å². The predicted octanol–water partition coefficient (Wildman–Crippen LogP) is 2.82. The second kappa shape index (κ2) is 6.48. The Morgan fingerprint density at radius 1 is 1.53 bits per heavy atom. The Kier molecular flexibility index (Phi) is 5.61. The van der Waals surface area contributed by atoms with E-state index < -0.39 is 0 Å². The van der Waals surface area contributed by atoms with E-state index >= 15 is 0 Å². The first kappa shape index (κ1) is 13.0. The van der Waals surface area contributed by atoms with Gasteiger partial charge in [-0.2, -0.15) is 0 Å². The maximum atomic E-state index is 8.85. The van der Waals surface area contributed by atoms with E-state index in [2.05, 4.69) is 21.2 Å². The highest BCUT2D eigenvalue weighted by Crippen LogP contribution is 2.23. The Morgan fingerprint density at radius 2 is 2.27 bits per heavy atom. The van der Waals surface area contributed by atoms with Gasteiger partial charge in [0.25, 0.3) is 0 Å². The topological polar surface area (TPSA) is 32.3 Å². The third-order valence-corrected chi connectivity index (χ3v) is 3.33. The zero-order valence-corrected chi connectivity index (χ0v) is 11.0. The maximum absolute atomic E-state index is 8.85. The van der Waals surface area contributed by atoms with Crippen LogP contribution in [0, 0.1) is 5.92 Å². The highest BCUT2D eigenvalue weighted by molar-refractivity contribution is 9.10. The lowest BCUT2D eigenvalue weighted by atomic mass is 10.2. The highest BCUT2D eigenvalue weighted by Gasteiger charge is 2.01. The van der Waals surface area contributed by atoms with Crippen LogP contribution in [0.15, 0.2) is 22.7 Å². The van der Waals surface area contributed by atoms with Crippen LogP contribution in [-0.2, 0) is 6.54 Å². The molecule has 15 heavy (non-hydrogen) atoms. The fourth-order valence-electron chi connectivity index (χ4n) is 1.18. The minimum Gasteiger partial charge on any atom is -0.396 e. The van der Waals surface area contributed by atoms with Gasteiger partial charge in [-0.3, -0.25) is 0 Å². The molecule has 1 aromatic carbocycles. The molecule has 1 rings (SSSR count). The van der Waals surface area contributed by atoms with Crippen molar-refractivity contribution >= 4 is 27.5 Å². The van der Waals surface area contributed by atoms with Gasteiger partial charge in [-0.1, -0.05) is 24.6 Å². The second-order valence-electron chi connectivity index (χ2n) is 3.67. The number of aliphatic hydroxyl groups excluding tert-OH is 1. The molecule has 0 spiro atoms. The summed E-state index contributed by atoms with van der Waals surface area (Å²) in [4.78, 5) is 0. The molecule has 0 aliphatic heterocycles. The van der Waals surface area contributed by atoms with Crippen molar-refractivity contribution in [3.63, 3.8) is 0 Å². The molecule has 0 saturated heterocycles. The maximum Gasteiger partial charge on any atom is 0.0548 e. The van der Waals surface area contributed by atoms with E-state index in [9.17, 15) is 0 Å². The molecule has 84 valence electrons. The molecule has 1 unspecified atom stereocenters. The largest absolute Gasteiger partial charge is 0.396 e. The van der Waals surface area contributed by atoms with E-state index in [0.717, 1.165) is 22.6 Å². The molecule has 2 nitrogen and oxygen atoms in total. The van der Waals surface area contributed by atoms with Crippen LogP contribution < -0.4 is 5.32 Å². The van der Waals surface area contributed by atoms with Crippen molar-refractivity contribution in [1.82, 2.24) is 5.32 Å². The molecule has 1 aromatic rings. The van der Waals surface area contributed by atoms with Crippen LogP contribution in [0.2, 0.25) is 5.02 Å². The van der Waals surface area contributed by atoms with Gasteiger partial charge in [-0.05, 0) is 39.5 Å². The van der Waals surface area contributed by atoms with Crippen LogP contribution >= 0.6 is 27.5 Å². The van der Waals surface area contributed by atoms with Gasteiger partial charge in [0.1, 0.15) is 0 Å². The first-order valence-corrected chi connectivity index (χ1v) is 6.06. The van der Waals surface area contributed by atoms with Gasteiger partial charge in [-0.25, -0.2) is 0 Å². The van der Waals surface area contributed by atoms with Crippen molar-refractivity contribution in [3.8, 4) is 0 Å². The van der Waals surface area contributed by atoms with Crippen molar-refractivity contribution in [2.24, 2.45) is 5.92 Å². The van der Waals surface area contributed by atoms with E-state index in [0.29, 0.717) is 5.92 Å². The summed E-state index contributed by atoms with van der Waals surface area (Å²) in [7, 11) is 0. The third-order valence-electron chi connectivity index (χ3n) is 2.12. The van der Waals surface area contributed by atoms with Crippen LogP contribution in [0.25, 0.3) is 0 Å². The normalized spacial score (nSPS) is 12.8. The lowest BCUT2D eigenvalue weighted by Crippen LogP contribution is -2.22. The quantitative estimate of drug-likeness (QED) is 0.875. The molecular weight excluding hydrogens is 277 g/mol. The number of hydrogen-bond acceptors (Lipinski definition) is 2. The van der Waals surface area contributed by atoms with Crippen LogP contribution in [0.5, 0.6) is 0 Å². The highest BCUT2D eigenvalue weighted by atomic mass is 79.9. The van der Waals surface area contributed by atoms with E-state index in [1.165, 1.54) is 5.56 Å². The molecule has 0 saturated carbocycles. The average molecular weight is 293 g/mol. The number of rotatable bonds is 5. The van der Waals surface area contributed by atoms with Gasteiger partial charge >= 0.3 is 0 Å². The first-order valence-electron chi connectivity index (χ1n) is 4.89. The molecule has 0 heterocycles. The molecule has 2 N–H and O–H groups in total. The van der Waals surface area contributed by atoms with Gasteiger partial charge in [0.05, 0.1) is 5.02 Å². The standard InChI is InChI=1S/C11H15BrClNO/c1-8(7-15)5-14-6-9-2-3-11(13)10(12)4-9/h2-4,8,14-15H,5-7H2,1H3. The average Bonchev–Trinajstić information content (AvgIpc) is 2.23. The summed E-state index contributed by atoms with van der Waals surface area (Å²) in [5.41, 5.74) is 1.18. The van der Waals surface area contributed by atoms with E-state index in [-0.39, 0.29) is 6.61 Å². The summed E-state index contributed by atoms with van der Waals surface area (Å²) in [6.45, 7) is 3.83. The molecule has 0 fully saturated rings.